The lowest BCUT2D eigenvalue weighted by atomic mass is 10.0. The Bertz CT molecular complexity index is 582. The number of hydrogen-bond donors (Lipinski definition) is 2. The summed E-state index contributed by atoms with van der Waals surface area (Å²) in [5, 5.41) is 12.2. The molecule has 5 nitrogen and oxygen atoms in total. The fourth-order valence-corrected chi connectivity index (χ4v) is 2.87. The first kappa shape index (κ1) is 14.9. The fraction of sp³-hybridized carbons (Fsp3) is 0.412. The quantitative estimate of drug-likeness (QED) is 0.879. The number of anilines is 1. The second-order valence-electron chi connectivity index (χ2n) is 5.57. The van der Waals surface area contributed by atoms with E-state index >= 15 is 0 Å². The first-order valence-corrected chi connectivity index (χ1v) is 7.83. The minimum Gasteiger partial charge on any atom is -0.395 e. The Labute approximate surface area is 131 Å². The standard InChI is InChI=1S/C17H22N4O/c22-11-8-18-15-6-9-21(10-7-15)17-12-16(19-13-20-17)14-4-2-1-3-5-14/h1-5,12-13,15,18,22H,6-11H2. The lowest BCUT2D eigenvalue weighted by molar-refractivity contribution is 0.277. The summed E-state index contributed by atoms with van der Waals surface area (Å²) in [6.45, 7) is 2.84. The highest BCUT2D eigenvalue weighted by atomic mass is 16.3. The highest BCUT2D eigenvalue weighted by molar-refractivity contribution is 5.62. The molecule has 5 heteroatoms. The third kappa shape index (κ3) is 3.61. The SMILES string of the molecule is OCCNC1CCN(c2cc(-c3ccccc3)ncn2)CC1. The molecule has 1 fully saturated rings. The summed E-state index contributed by atoms with van der Waals surface area (Å²) in [4.78, 5) is 11.1. The predicted octanol–water partition coefficient (Wildman–Crippen LogP) is 1.69. The van der Waals surface area contributed by atoms with Gasteiger partial charge in [0.2, 0.25) is 0 Å². The maximum absolute atomic E-state index is 8.88. The topological polar surface area (TPSA) is 61.3 Å². The predicted molar refractivity (Wildman–Crippen MR) is 87.8 cm³/mol. The maximum atomic E-state index is 8.88. The van der Waals surface area contributed by atoms with Gasteiger partial charge in [-0.1, -0.05) is 30.3 Å². The number of hydrogen-bond acceptors (Lipinski definition) is 5. The number of aromatic nitrogens is 2. The zero-order chi connectivity index (χ0) is 15.2. The Morgan fingerprint density at radius 2 is 1.91 bits per heavy atom. The van der Waals surface area contributed by atoms with Gasteiger partial charge < -0.3 is 15.3 Å². The van der Waals surface area contributed by atoms with Crippen LogP contribution in [0.1, 0.15) is 12.8 Å². The van der Waals surface area contributed by atoms with Gasteiger partial charge in [-0.2, -0.15) is 0 Å². The molecule has 1 aromatic carbocycles. The molecule has 0 spiro atoms. The number of nitrogens with one attached hydrogen (secondary N) is 1. The second kappa shape index (κ2) is 7.33. The fourth-order valence-electron chi connectivity index (χ4n) is 2.87. The Morgan fingerprint density at radius 1 is 1.14 bits per heavy atom. The average Bonchev–Trinajstić information content (AvgIpc) is 2.61. The van der Waals surface area contributed by atoms with Crippen molar-refractivity contribution in [3.63, 3.8) is 0 Å². The summed E-state index contributed by atoms with van der Waals surface area (Å²) in [6.07, 6.45) is 3.79. The van der Waals surface area contributed by atoms with Crippen LogP contribution in [0.15, 0.2) is 42.7 Å². The van der Waals surface area contributed by atoms with Gasteiger partial charge in [0.25, 0.3) is 0 Å². The summed E-state index contributed by atoms with van der Waals surface area (Å²) in [7, 11) is 0. The van der Waals surface area contributed by atoms with E-state index in [9.17, 15) is 0 Å². The average molecular weight is 298 g/mol. The summed E-state index contributed by atoms with van der Waals surface area (Å²) in [5.41, 5.74) is 2.08. The Balaban J connectivity index is 1.66. The number of rotatable bonds is 5. The van der Waals surface area contributed by atoms with Gasteiger partial charge in [0.1, 0.15) is 12.1 Å². The highest BCUT2D eigenvalue weighted by Gasteiger charge is 2.19. The second-order valence-corrected chi connectivity index (χ2v) is 5.57. The van der Waals surface area contributed by atoms with Gasteiger partial charge in [-0.05, 0) is 12.8 Å². The molecule has 0 atom stereocenters. The van der Waals surface area contributed by atoms with Crippen LogP contribution in [-0.2, 0) is 0 Å². The lowest BCUT2D eigenvalue weighted by Gasteiger charge is -2.33. The van der Waals surface area contributed by atoms with E-state index in [-0.39, 0.29) is 6.61 Å². The summed E-state index contributed by atoms with van der Waals surface area (Å²) < 4.78 is 0. The van der Waals surface area contributed by atoms with Crippen LogP contribution in [0.4, 0.5) is 5.82 Å². The van der Waals surface area contributed by atoms with Gasteiger partial charge in [0, 0.05) is 37.3 Å². The van der Waals surface area contributed by atoms with Crippen molar-refractivity contribution in [2.75, 3.05) is 31.1 Å². The van der Waals surface area contributed by atoms with E-state index in [2.05, 4.69) is 38.4 Å². The van der Waals surface area contributed by atoms with Crippen molar-refractivity contribution >= 4 is 5.82 Å². The number of piperidine rings is 1. The minimum absolute atomic E-state index is 0.201. The molecule has 0 unspecified atom stereocenters. The van der Waals surface area contributed by atoms with Gasteiger partial charge >= 0.3 is 0 Å². The highest BCUT2D eigenvalue weighted by Crippen LogP contribution is 2.22. The molecule has 0 amide bonds. The van der Waals surface area contributed by atoms with Crippen LogP contribution in [0.2, 0.25) is 0 Å². The molecular weight excluding hydrogens is 276 g/mol. The van der Waals surface area contributed by atoms with Crippen molar-refractivity contribution in [1.82, 2.24) is 15.3 Å². The first-order chi connectivity index (χ1) is 10.9. The molecule has 0 aliphatic carbocycles. The van der Waals surface area contributed by atoms with E-state index in [1.807, 2.05) is 18.2 Å². The van der Waals surface area contributed by atoms with Crippen LogP contribution >= 0.6 is 0 Å². The molecule has 1 aliphatic heterocycles. The van der Waals surface area contributed by atoms with E-state index in [0.717, 1.165) is 43.0 Å². The summed E-state index contributed by atoms with van der Waals surface area (Å²) in [5.74, 6) is 0.995. The molecular formula is C17H22N4O. The Hall–Kier alpha value is -1.98. The molecule has 0 radical (unpaired) electrons. The molecule has 2 aromatic rings. The van der Waals surface area contributed by atoms with E-state index in [1.54, 1.807) is 6.33 Å². The summed E-state index contributed by atoms with van der Waals surface area (Å²) in [6, 6.07) is 12.8. The van der Waals surface area contributed by atoms with E-state index in [1.165, 1.54) is 0 Å². The zero-order valence-electron chi connectivity index (χ0n) is 12.7. The van der Waals surface area contributed by atoms with Crippen molar-refractivity contribution in [2.45, 2.75) is 18.9 Å². The van der Waals surface area contributed by atoms with Crippen molar-refractivity contribution < 1.29 is 5.11 Å². The molecule has 1 aliphatic rings. The summed E-state index contributed by atoms with van der Waals surface area (Å²) >= 11 is 0. The number of aliphatic hydroxyl groups excluding tert-OH is 1. The Kier molecular flexibility index (Phi) is 4.98. The molecule has 0 bridgehead atoms. The lowest BCUT2D eigenvalue weighted by Crippen LogP contribution is -2.43. The van der Waals surface area contributed by atoms with Gasteiger partial charge in [-0.25, -0.2) is 9.97 Å². The van der Waals surface area contributed by atoms with Crippen molar-refractivity contribution in [3.8, 4) is 11.3 Å². The van der Waals surface area contributed by atoms with Gasteiger partial charge in [0.05, 0.1) is 12.3 Å². The maximum Gasteiger partial charge on any atom is 0.132 e. The van der Waals surface area contributed by atoms with Crippen LogP contribution in [0.3, 0.4) is 0 Å². The molecule has 2 heterocycles. The third-order valence-electron chi connectivity index (χ3n) is 4.09. The van der Waals surface area contributed by atoms with Crippen LogP contribution in [0.25, 0.3) is 11.3 Å². The molecule has 3 rings (SSSR count). The van der Waals surface area contributed by atoms with E-state index in [0.29, 0.717) is 12.6 Å². The van der Waals surface area contributed by atoms with Crippen molar-refractivity contribution in [3.05, 3.63) is 42.7 Å². The van der Waals surface area contributed by atoms with E-state index < -0.39 is 0 Å². The van der Waals surface area contributed by atoms with Gasteiger partial charge in [-0.15, -0.1) is 0 Å². The molecule has 0 saturated carbocycles. The number of benzene rings is 1. The molecule has 22 heavy (non-hydrogen) atoms. The van der Waals surface area contributed by atoms with Crippen LogP contribution in [-0.4, -0.2) is 47.4 Å². The largest absolute Gasteiger partial charge is 0.395 e. The molecule has 1 aromatic heterocycles. The third-order valence-corrected chi connectivity index (χ3v) is 4.09. The number of aliphatic hydroxyl groups is 1. The zero-order valence-corrected chi connectivity index (χ0v) is 12.7. The smallest absolute Gasteiger partial charge is 0.132 e. The van der Waals surface area contributed by atoms with Crippen molar-refractivity contribution in [1.29, 1.82) is 0 Å². The van der Waals surface area contributed by atoms with Gasteiger partial charge in [0.15, 0.2) is 0 Å². The minimum atomic E-state index is 0.201. The molecule has 116 valence electrons. The Morgan fingerprint density at radius 3 is 2.64 bits per heavy atom. The first-order valence-electron chi connectivity index (χ1n) is 7.83. The van der Waals surface area contributed by atoms with Gasteiger partial charge in [-0.3, -0.25) is 0 Å². The van der Waals surface area contributed by atoms with Crippen molar-refractivity contribution in [2.24, 2.45) is 0 Å². The molecule has 2 N–H and O–H groups in total. The number of nitrogens with zero attached hydrogens (tertiary/aromatic N) is 3. The monoisotopic (exact) mass is 298 g/mol. The molecule has 1 saturated heterocycles. The normalized spacial score (nSPS) is 16.0. The van der Waals surface area contributed by atoms with Crippen LogP contribution in [0, 0.1) is 0 Å². The van der Waals surface area contributed by atoms with Crippen LogP contribution in [0.5, 0.6) is 0 Å². The van der Waals surface area contributed by atoms with Crippen LogP contribution < -0.4 is 10.2 Å². The van der Waals surface area contributed by atoms with E-state index in [4.69, 9.17) is 5.11 Å².